The van der Waals surface area contributed by atoms with Gasteiger partial charge in [0, 0.05) is 16.5 Å². The fourth-order valence-electron chi connectivity index (χ4n) is 2.46. The van der Waals surface area contributed by atoms with E-state index in [2.05, 4.69) is 41.1 Å². The number of aryl methyl sites for hydroxylation is 1. The molecule has 0 spiro atoms. The number of unbranched alkanes of at least 4 members (excludes halogenated alkanes) is 2. The zero-order valence-corrected chi connectivity index (χ0v) is 12.4. The van der Waals surface area contributed by atoms with Crippen molar-refractivity contribution in [2.45, 2.75) is 45.4 Å². The summed E-state index contributed by atoms with van der Waals surface area (Å²) in [5, 5.41) is 0. The molecule has 0 radical (unpaired) electrons. The molecule has 1 aliphatic carbocycles. The number of halogens is 1. The average Bonchev–Trinajstić information content (AvgIpc) is 2.38. The molecule has 18 heavy (non-hydrogen) atoms. The van der Waals surface area contributed by atoms with Gasteiger partial charge in [0.1, 0.15) is 0 Å². The number of benzene rings is 1. The lowest BCUT2D eigenvalue weighted by atomic mass is 9.87. The summed E-state index contributed by atoms with van der Waals surface area (Å²) >= 11 is 3.59. The molecule has 0 aromatic heterocycles. The van der Waals surface area contributed by atoms with Crippen LogP contribution in [0.4, 0.5) is 0 Å². The van der Waals surface area contributed by atoms with E-state index in [9.17, 15) is 4.79 Å². The first-order valence-corrected chi connectivity index (χ1v) is 7.53. The summed E-state index contributed by atoms with van der Waals surface area (Å²) in [5.74, 6) is 0.294. The monoisotopic (exact) mass is 306 g/mol. The van der Waals surface area contributed by atoms with Crippen molar-refractivity contribution in [2.24, 2.45) is 0 Å². The number of hydrogen-bond acceptors (Lipinski definition) is 1. The number of fused-ring (bicyclic) bond motifs is 1. The molecule has 1 nitrogen and oxygen atoms in total. The summed E-state index contributed by atoms with van der Waals surface area (Å²) in [6, 6.07) is 8.28. The van der Waals surface area contributed by atoms with Gasteiger partial charge in [-0.1, -0.05) is 60.0 Å². The van der Waals surface area contributed by atoms with Gasteiger partial charge in [-0.15, -0.1) is 0 Å². The van der Waals surface area contributed by atoms with E-state index in [0.717, 1.165) is 47.7 Å². The second-order valence-corrected chi connectivity index (χ2v) is 5.77. The van der Waals surface area contributed by atoms with Crippen LogP contribution in [-0.2, 0) is 11.2 Å². The Balaban J connectivity index is 2.22. The van der Waals surface area contributed by atoms with Gasteiger partial charge in [0.2, 0.25) is 0 Å². The molecule has 0 atom stereocenters. The summed E-state index contributed by atoms with van der Waals surface area (Å²) in [5.41, 5.74) is 3.37. The van der Waals surface area contributed by atoms with Crippen LogP contribution in [-0.4, -0.2) is 5.78 Å². The molecule has 2 heteroatoms. The number of carbonyl (C=O) groups is 1. The third-order valence-electron chi connectivity index (χ3n) is 3.46. The van der Waals surface area contributed by atoms with Gasteiger partial charge in [0.25, 0.3) is 0 Å². The fraction of sp³-hybridized carbons (Fsp3) is 0.438. The highest BCUT2D eigenvalue weighted by atomic mass is 79.9. The molecule has 0 aliphatic heterocycles. The van der Waals surface area contributed by atoms with Crippen LogP contribution >= 0.6 is 15.9 Å². The quantitative estimate of drug-likeness (QED) is 0.708. The first kappa shape index (κ1) is 13.5. The third-order valence-corrected chi connectivity index (χ3v) is 4.25. The van der Waals surface area contributed by atoms with E-state index in [1.165, 1.54) is 5.56 Å². The van der Waals surface area contributed by atoms with E-state index in [-0.39, 0.29) is 0 Å². The van der Waals surface area contributed by atoms with Gasteiger partial charge in [-0.05, 0) is 30.4 Å². The van der Waals surface area contributed by atoms with Gasteiger partial charge >= 0.3 is 0 Å². The van der Waals surface area contributed by atoms with Gasteiger partial charge in [-0.3, -0.25) is 4.79 Å². The summed E-state index contributed by atoms with van der Waals surface area (Å²) in [7, 11) is 0. The van der Waals surface area contributed by atoms with Gasteiger partial charge < -0.3 is 0 Å². The van der Waals surface area contributed by atoms with E-state index in [0.29, 0.717) is 12.2 Å². The molecule has 0 saturated carbocycles. The minimum absolute atomic E-state index is 0.294. The van der Waals surface area contributed by atoms with E-state index >= 15 is 0 Å². The van der Waals surface area contributed by atoms with Gasteiger partial charge in [0.05, 0.1) is 0 Å². The van der Waals surface area contributed by atoms with Gasteiger partial charge in [-0.2, -0.15) is 0 Å². The van der Waals surface area contributed by atoms with Crippen LogP contribution in [0.3, 0.4) is 0 Å². The topological polar surface area (TPSA) is 17.1 Å². The molecule has 0 bridgehead atoms. The molecule has 1 aromatic carbocycles. The molecular formula is C16H19BrO. The van der Waals surface area contributed by atoms with Crippen molar-refractivity contribution >= 4 is 27.3 Å². The smallest absolute Gasteiger partial charge is 0.164 e. The molecular weight excluding hydrogens is 288 g/mol. The minimum Gasteiger partial charge on any atom is -0.294 e. The molecule has 0 N–H and O–H groups in total. The molecule has 0 amide bonds. The predicted octanol–water partition coefficient (Wildman–Crippen LogP) is 4.89. The van der Waals surface area contributed by atoms with Crippen LogP contribution in [0.5, 0.6) is 0 Å². The zero-order chi connectivity index (χ0) is 13.0. The average molecular weight is 307 g/mol. The lowest BCUT2D eigenvalue weighted by Crippen LogP contribution is -2.10. The molecule has 0 unspecified atom stereocenters. The number of ketones is 1. The fourth-order valence-corrected chi connectivity index (χ4v) is 3.09. The maximum atomic E-state index is 12.4. The highest BCUT2D eigenvalue weighted by Crippen LogP contribution is 2.35. The number of rotatable bonds is 5. The van der Waals surface area contributed by atoms with Crippen molar-refractivity contribution in [1.29, 1.82) is 0 Å². The Morgan fingerprint density at radius 3 is 2.78 bits per heavy atom. The van der Waals surface area contributed by atoms with Crippen LogP contribution in [0.2, 0.25) is 0 Å². The Morgan fingerprint density at radius 2 is 2.00 bits per heavy atom. The Hall–Kier alpha value is -0.890. The van der Waals surface area contributed by atoms with E-state index in [1.54, 1.807) is 0 Å². The Kier molecular flexibility index (Phi) is 4.76. The molecule has 96 valence electrons. The van der Waals surface area contributed by atoms with E-state index < -0.39 is 0 Å². The molecule has 1 aliphatic rings. The Labute approximate surface area is 117 Å². The van der Waals surface area contributed by atoms with Crippen molar-refractivity contribution in [1.82, 2.24) is 0 Å². The van der Waals surface area contributed by atoms with Crippen molar-refractivity contribution in [3.05, 3.63) is 39.9 Å². The van der Waals surface area contributed by atoms with Crippen molar-refractivity contribution < 1.29 is 4.79 Å². The number of Topliss-reactive ketones (excluding diaryl/α,β-unsaturated/α-hetero) is 1. The third kappa shape index (κ3) is 2.92. The van der Waals surface area contributed by atoms with Crippen LogP contribution in [0, 0.1) is 0 Å². The molecule has 0 fully saturated rings. The van der Waals surface area contributed by atoms with Crippen LogP contribution in [0.15, 0.2) is 28.7 Å². The minimum atomic E-state index is 0.294. The first-order chi connectivity index (χ1) is 8.74. The van der Waals surface area contributed by atoms with Crippen LogP contribution < -0.4 is 0 Å². The zero-order valence-electron chi connectivity index (χ0n) is 10.8. The van der Waals surface area contributed by atoms with Crippen molar-refractivity contribution in [2.75, 3.05) is 0 Å². The predicted molar refractivity (Wildman–Crippen MR) is 79.8 cm³/mol. The number of allylic oxidation sites excluding steroid dienone is 2. The lowest BCUT2D eigenvalue weighted by molar-refractivity contribution is -0.113. The molecule has 0 saturated heterocycles. The standard InChI is InChI=1S/C16H19BrO/c1-2-3-4-9-15(18)16-13-8-6-5-7-12(13)10-11-14(16)17/h5-8H,2-4,9-11H2,1H3. The second-order valence-electron chi connectivity index (χ2n) is 4.82. The molecule has 0 heterocycles. The van der Waals surface area contributed by atoms with Crippen molar-refractivity contribution in [3.8, 4) is 0 Å². The van der Waals surface area contributed by atoms with E-state index in [1.807, 2.05) is 6.07 Å². The van der Waals surface area contributed by atoms with E-state index in [4.69, 9.17) is 0 Å². The summed E-state index contributed by atoms with van der Waals surface area (Å²) < 4.78 is 1.09. The summed E-state index contributed by atoms with van der Waals surface area (Å²) in [6.45, 7) is 2.16. The summed E-state index contributed by atoms with van der Waals surface area (Å²) in [6.07, 6.45) is 5.95. The van der Waals surface area contributed by atoms with Crippen LogP contribution in [0.25, 0.3) is 5.57 Å². The maximum Gasteiger partial charge on any atom is 0.164 e. The molecule has 2 rings (SSSR count). The lowest BCUT2D eigenvalue weighted by Gasteiger charge is -2.19. The Morgan fingerprint density at radius 1 is 1.22 bits per heavy atom. The van der Waals surface area contributed by atoms with Gasteiger partial charge in [0.15, 0.2) is 5.78 Å². The SMILES string of the molecule is CCCCCC(=O)C1=C(Br)CCc2ccccc21. The largest absolute Gasteiger partial charge is 0.294 e. The normalized spacial score (nSPS) is 14.6. The molecule has 1 aromatic rings. The number of carbonyl (C=O) groups excluding carboxylic acids is 1. The first-order valence-electron chi connectivity index (χ1n) is 6.74. The van der Waals surface area contributed by atoms with Crippen molar-refractivity contribution in [3.63, 3.8) is 0 Å². The van der Waals surface area contributed by atoms with Gasteiger partial charge in [-0.25, -0.2) is 0 Å². The summed E-state index contributed by atoms with van der Waals surface area (Å²) in [4.78, 5) is 12.4. The second kappa shape index (κ2) is 6.33. The maximum absolute atomic E-state index is 12.4. The van der Waals surface area contributed by atoms with Crippen LogP contribution in [0.1, 0.15) is 50.2 Å². The number of hydrogen-bond donors (Lipinski definition) is 0. The Bertz CT molecular complexity index is 474. The highest BCUT2D eigenvalue weighted by Gasteiger charge is 2.22. The highest BCUT2D eigenvalue weighted by molar-refractivity contribution is 9.11.